The summed E-state index contributed by atoms with van der Waals surface area (Å²) in [6, 6.07) is 10.8. The number of piperidine rings is 1. The summed E-state index contributed by atoms with van der Waals surface area (Å²) in [5.74, 6) is 1.97. The molecular weight excluding hydrogens is 258 g/mol. The van der Waals surface area contributed by atoms with Gasteiger partial charge < -0.3 is 9.64 Å². The van der Waals surface area contributed by atoms with Crippen LogP contribution in [0.4, 0.5) is 5.69 Å². The van der Waals surface area contributed by atoms with E-state index in [2.05, 4.69) is 35.2 Å². The molecule has 1 saturated heterocycles. The van der Waals surface area contributed by atoms with Crippen LogP contribution in [-0.2, 0) is 4.74 Å². The molecule has 2 saturated carbocycles. The number of hydrogen-bond acceptors (Lipinski definition) is 2. The summed E-state index contributed by atoms with van der Waals surface area (Å²) in [4.78, 5) is 2.50. The number of nitrogens with zero attached hydrogens (tertiary/aromatic N) is 1. The minimum absolute atomic E-state index is 0.507. The van der Waals surface area contributed by atoms with E-state index in [0.717, 1.165) is 24.9 Å². The number of para-hydroxylation sites is 1. The molecule has 4 rings (SSSR count). The lowest BCUT2D eigenvalue weighted by molar-refractivity contribution is -0.0515. The van der Waals surface area contributed by atoms with Crippen molar-refractivity contribution < 1.29 is 4.74 Å². The van der Waals surface area contributed by atoms with E-state index < -0.39 is 0 Å². The van der Waals surface area contributed by atoms with Gasteiger partial charge in [-0.25, -0.2) is 0 Å². The van der Waals surface area contributed by atoms with E-state index in [1.54, 1.807) is 0 Å². The van der Waals surface area contributed by atoms with Crippen LogP contribution in [0.3, 0.4) is 0 Å². The predicted molar refractivity (Wildman–Crippen MR) is 86.6 cm³/mol. The molecule has 3 atom stereocenters. The number of benzene rings is 1. The fourth-order valence-corrected chi connectivity index (χ4v) is 4.72. The Labute approximate surface area is 128 Å². The van der Waals surface area contributed by atoms with Crippen molar-refractivity contribution in [2.24, 2.45) is 11.8 Å². The maximum Gasteiger partial charge on any atom is 0.0612 e. The number of anilines is 1. The lowest BCUT2D eigenvalue weighted by Crippen LogP contribution is -2.39. The third-order valence-electron chi connectivity index (χ3n) is 5.79. The summed E-state index contributed by atoms with van der Waals surface area (Å²) >= 11 is 0. The smallest absolute Gasteiger partial charge is 0.0612 e. The second-order valence-corrected chi connectivity index (χ2v) is 7.30. The molecule has 2 bridgehead atoms. The molecule has 114 valence electrons. The molecule has 0 amide bonds. The number of hydrogen-bond donors (Lipinski definition) is 0. The van der Waals surface area contributed by atoms with Crippen LogP contribution in [-0.4, -0.2) is 25.3 Å². The zero-order valence-electron chi connectivity index (χ0n) is 12.9. The van der Waals surface area contributed by atoms with E-state index in [1.807, 2.05) is 0 Å². The second kappa shape index (κ2) is 6.00. The van der Waals surface area contributed by atoms with Crippen LogP contribution in [0.5, 0.6) is 0 Å². The highest BCUT2D eigenvalue weighted by molar-refractivity contribution is 5.46. The van der Waals surface area contributed by atoms with Crippen molar-refractivity contribution in [2.45, 2.75) is 57.2 Å². The zero-order valence-corrected chi connectivity index (χ0v) is 12.9. The molecule has 0 unspecified atom stereocenters. The van der Waals surface area contributed by atoms with Gasteiger partial charge in [0.15, 0.2) is 0 Å². The van der Waals surface area contributed by atoms with Gasteiger partial charge in [0.05, 0.1) is 12.2 Å². The van der Waals surface area contributed by atoms with E-state index in [9.17, 15) is 0 Å². The average molecular weight is 285 g/mol. The maximum atomic E-state index is 6.47. The van der Waals surface area contributed by atoms with Gasteiger partial charge in [0.1, 0.15) is 0 Å². The number of rotatable bonds is 3. The summed E-state index contributed by atoms with van der Waals surface area (Å²) in [5, 5.41) is 0. The normalized spacial score (nSPS) is 33.3. The first kappa shape index (κ1) is 13.6. The molecule has 2 nitrogen and oxygen atoms in total. The number of fused-ring (bicyclic) bond motifs is 2. The fraction of sp³-hybridized carbons (Fsp3) is 0.684. The molecule has 0 N–H and O–H groups in total. The van der Waals surface area contributed by atoms with Crippen molar-refractivity contribution >= 4 is 5.69 Å². The Bertz CT molecular complexity index is 440. The highest BCUT2D eigenvalue weighted by Crippen LogP contribution is 2.43. The Kier molecular flexibility index (Phi) is 3.89. The van der Waals surface area contributed by atoms with Gasteiger partial charge in [-0.1, -0.05) is 31.0 Å². The molecule has 21 heavy (non-hydrogen) atoms. The highest BCUT2D eigenvalue weighted by atomic mass is 16.5. The fourth-order valence-electron chi connectivity index (χ4n) is 4.72. The molecule has 1 aromatic carbocycles. The Morgan fingerprint density at radius 2 is 1.43 bits per heavy atom. The van der Waals surface area contributed by atoms with Gasteiger partial charge >= 0.3 is 0 Å². The summed E-state index contributed by atoms with van der Waals surface area (Å²) < 4.78 is 6.47. The van der Waals surface area contributed by atoms with Crippen LogP contribution in [0.25, 0.3) is 0 Å². The third kappa shape index (κ3) is 3.11. The van der Waals surface area contributed by atoms with Crippen LogP contribution < -0.4 is 4.90 Å². The molecule has 1 aromatic rings. The van der Waals surface area contributed by atoms with Crippen molar-refractivity contribution in [3.63, 3.8) is 0 Å². The van der Waals surface area contributed by atoms with E-state index in [4.69, 9.17) is 4.74 Å². The van der Waals surface area contributed by atoms with Crippen molar-refractivity contribution in [3.05, 3.63) is 30.3 Å². The molecule has 1 heterocycles. The first-order valence-electron chi connectivity index (χ1n) is 8.82. The van der Waals surface area contributed by atoms with Crippen LogP contribution in [0.15, 0.2) is 30.3 Å². The van der Waals surface area contributed by atoms with Crippen molar-refractivity contribution in [1.82, 2.24) is 0 Å². The Hall–Kier alpha value is -1.02. The predicted octanol–water partition coefficient (Wildman–Crippen LogP) is 4.25. The molecule has 3 aliphatic rings. The van der Waals surface area contributed by atoms with Gasteiger partial charge in [-0.15, -0.1) is 0 Å². The largest absolute Gasteiger partial charge is 0.375 e. The molecule has 3 fully saturated rings. The van der Waals surface area contributed by atoms with E-state index in [1.165, 1.54) is 50.6 Å². The van der Waals surface area contributed by atoms with Gasteiger partial charge in [0.2, 0.25) is 0 Å². The van der Waals surface area contributed by atoms with Gasteiger partial charge in [0.25, 0.3) is 0 Å². The van der Waals surface area contributed by atoms with Crippen LogP contribution in [0.2, 0.25) is 0 Å². The lowest BCUT2D eigenvalue weighted by atomic mass is 9.87. The van der Waals surface area contributed by atoms with Crippen molar-refractivity contribution in [2.75, 3.05) is 18.0 Å². The van der Waals surface area contributed by atoms with E-state index in [-0.39, 0.29) is 0 Å². The van der Waals surface area contributed by atoms with Gasteiger partial charge in [-0.2, -0.15) is 0 Å². The Morgan fingerprint density at radius 3 is 2.10 bits per heavy atom. The van der Waals surface area contributed by atoms with E-state index in [0.29, 0.717) is 12.2 Å². The SMILES string of the molecule is c1ccc(N2CCC(O[C@@H]3C[C@@H]4CC[C@@H](C4)C3)CC2)cc1. The third-order valence-corrected chi connectivity index (χ3v) is 5.79. The minimum atomic E-state index is 0.507. The first-order chi connectivity index (χ1) is 10.4. The Morgan fingerprint density at radius 1 is 0.762 bits per heavy atom. The monoisotopic (exact) mass is 285 g/mol. The topological polar surface area (TPSA) is 12.5 Å². The quantitative estimate of drug-likeness (QED) is 0.823. The molecule has 0 aromatic heterocycles. The molecule has 0 radical (unpaired) electrons. The van der Waals surface area contributed by atoms with Gasteiger partial charge in [0, 0.05) is 18.8 Å². The van der Waals surface area contributed by atoms with Gasteiger partial charge in [-0.05, 0) is 56.1 Å². The first-order valence-corrected chi connectivity index (χ1v) is 8.82. The molecule has 0 spiro atoms. The summed E-state index contributed by atoms with van der Waals surface area (Å²) in [7, 11) is 0. The van der Waals surface area contributed by atoms with Gasteiger partial charge in [-0.3, -0.25) is 0 Å². The number of ether oxygens (including phenoxy) is 1. The standard InChI is InChI=1S/C19H27NO/c1-2-4-17(5-3-1)20-10-8-18(9-11-20)21-19-13-15-6-7-16(12-15)14-19/h1-5,15-16,18-19H,6-14H2/t15-,16+,19-. The zero-order chi connectivity index (χ0) is 14.1. The molecule has 1 aliphatic heterocycles. The average Bonchev–Trinajstić information content (AvgIpc) is 2.88. The lowest BCUT2D eigenvalue weighted by Gasteiger charge is -2.37. The second-order valence-electron chi connectivity index (χ2n) is 7.30. The van der Waals surface area contributed by atoms with Crippen LogP contribution in [0.1, 0.15) is 44.9 Å². The van der Waals surface area contributed by atoms with Crippen LogP contribution in [0, 0.1) is 11.8 Å². The summed E-state index contributed by atoms with van der Waals surface area (Å²) in [6.45, 7) is 2.29. The summed E-state index contributed by atoms with van der Waals surface area (Å²) in [5.41, 5.74) is 1.37. The molecule has 2 aliphatic carbocycles. The highest BCUT2D eigenvalue weighted by Gasteiger charge is 2.35. The van der Waals surface area contributed by atoms with Crippen LogP contribution >= 0.6 is 0 Å². The van der Waals surface area contributed by atoms with E-state index >= 15 is 0 Å². The van der Waals surface area contributed by atoms with Crippen molar-refractivity contribution in [3.8, 4) is 0 Å². The molecular formula is C19H27NO. The maximum absolute atomic E-state index is 6.47. The Balaban J connectivity index is 1.28. The minimum Gasteiger partial charge on any atom is -0.375 e. The van der Waals surface area contributed by atoms with Crippen molar-refractivity contribution in [1.29, 1.82) is 0 Å². The molecule has 2 heteroatoms. The summed E-state index contributed by atoms with van der Waals surface area (Å²) in [6.07, 6.45) is 10.6.